The molecule has 0 bridgehead atoms. The SMILES string of the molecule is Cc1ccc(C(c2ccn(S(=O)(=O)c3ccccc3)c2)c2ccc[nH]2)cc1. The van der Waals surface area contributed by atoms with E-state index in [0.29, 0.717) is 0 Å². The molecule has 136 valence electrons. The number of hydrogen-bond donors (Lipinski definition) is 1. The van der Waals surface area contributed by atoms with Crippen LogP contribution in [0.5, 0.6) is 0 Å². The molecule has 0 aliphatic rings. The second kappa shape index (κ2) is 6.93. The normalized spacial score (nSPS) is 12.8. The van der Waals surface area contributed by atoms with Crippen molar-refractivity contribution in [2.75, 3.05) is 0 Å². The van der Waals surface area contributed by atoms with Gasteiger partial charge in [0.15, 0.2) is 0 Å². The molecule has 4 aromatic rings. The smallest absolute Gasteiger partial charge is 0.267 e. The molecule has 1 atom stereocenters. The van der Waals surface area contributed by atoms with Crippen LogP contribution in [0.1, 0.15) is 28.3 Å². The van der Waals surface area contributed by atoms with Crippen LogP contribution < -0.4 is 0 Å². The van der Waals surface area contributed by atoms with Crippen LogP contribution in [0.2, 0.25) is 0 Å². The molecule has 2 aromatic carbocycles. The van der Waals surface area contributed by atoms with Crippen molar-refractivity contribution in [2.24, 2.45) is 0 Å². The standard InChI is InChI=1S/C22H20N2O2S/c1-17-9-11-18(12-10-17)22(21-8-5-14-23-21)19-13-15-24(16-19)27(25,26)20-6-3-2-4-7-20/h2-16,22-23H,1H3. The first-order valence-corrected chi connectivity index (χ1v) is 10.2. The fourth-order valence-electron chi connectivity index (χ4n) is 3.26. The van der Waals surface area contributed by atoms with Crippen LogP contribution in [0, 0.1) is 6.92 Å². The lowest BCUT2D eigenvalue weighted by molar-refractivity contribution is 0.587. The van der Waals surface area contributed by atoms with Gasteiger partial charge in [0.05, 0.1) is 10.8 Å². The molecule has 2 aromatic heterocycles. The summed E-state index contributed by atoms with van der Waals surface area (Å²) in [6.45, 7) is 2.05. The summed E-state index contributed by atoms with van der Waals surface area (Å²) in [7, 11) is -3.60. The van der Waals surface area contributed by atoms with E-state index in [0.717, 1.165) is 16.8 Å². The zero-order valence-electron chi connectivity index (χ0n) is 14.9. The molecular formula is C22H20N2O2S. The molecule has 0 amide bonds. The molecule has 0 aliphatic heterocycles. The highest BCUT2D eigenvalue weighted by Crippen LogP contribution is 2.32. The number of aromatic nitrogens is 2. The average molecular weight is 376 g/mol. The lowest BCUT2D eigenvalue weighted by Crippen LogP contribution is -2.11. The van der Waals surface area contributed by atoms with Crippen molar-refractivity contribution in [3.8, 4) is 0 Å². The molecule has 4 nitrogen and oxygen atoms in total. The monoisotopic (exact) mass is 376 g/mol. The van der Waals surface area contributed by atoms with E-state index >= 15 is 0 Å². The molecule has 27 heavy (non-hydrogen) atoms. The zero-order chi connectivity index (χ0) is 18.9. The van der Waals surface area contributed by atoms with Crippen molar-refractivity contribution >= 4 is 10.0 Å². The number of nitrogens with one attached hydrogen (secondary N) is 1. The van der Waals surface area contributed by atoms with E-state index in [1.54, 1.807) is 42.7 Å². The number of nitrogens with zero attached hydrogens (tertiary/aromatic N) is 1. The summed E-state index contributed by atoms with van der Waals surface area (Å²) >= 11 is 0. The maximum Gasteiger partial charge on any atom is 0.267 e. The molecule has 0 aliphatic carbocycles. The van der Waals surface area contributed by atoms with Crippen LogP contribution in [0.15, 0.2) is 96.3 Å². The predicted octanol–water partition coefficient (Wildman–Crippen LogP) is 4.54. The van der Waals surface area contributed by atoms with Gasteiger partial charge in [0, 0.05) is 24.3 Å². The summed E-state index contributed by atoms with van der Waals surface area (Å²) in [5.74, 6) is -0.0622. The molecule has 0 radical (unpaired) electrons. The number of aromatic amines is 1. The molecule has 1 N–H and O–H groups in total. The van der Waals surface area contributed by atoms with E-state index in [9.17, 15) is 8.42 Å². The zero-order valence-corrected chi connectivity index (χ0v) is 15.7. The Labute approximate surface area is 159 Å². The fraction of sp³-hybridized carbons (Fsp3) is 0.0909. The number of hydrogen-bond acceptors (Lipinski definition) is 2. The second-order valence-electron chi connectivity index (χ2n) is 6.56. The predicted molar refractivity (Wildman–Crippen MR) is 106 cm³/mol. The van der Waals surface area contributed by atoms with Gasteiger partial charge in [-0.05, 0) is 48.4 Å². The van der Waals surface area contributed by atoms with E-state index in [1.807, 2.05) is 24.4 Å². The van der Waals surface area contributed by atoms with Gasteiger partial charge in [-0.3, -0.25) is 0 Å². The molecule has 0 saturated heterocycles. The van der Waals surface area contributed by atoms with Gasteiger partial charge in [-0.2, -0.15) is 0 Å². The first-order chi connectivity index (χ1) is 13.1. The lowest BCUT2D eigenvalue weighted by atomic mass is 9.90. The molecule has 2 heterocycles. The number of benzene rings is 2. The van der Waals surface area contributed by atoms with Crippen molar-refractivity contribution in [3.63, 3.8) is 0 Å². The Morgan fingerprint density at radius 1 is 0.852 bits per heavy atom. The minimum Gasteiger partial charge on any atom is -0.364 e. The van der Waals surface area contributed by atoms with Crippen LogP contribution in [0.3, 0.4) is 0 Å². The topological polar surface area (TPSA) is 54.9 Å². The summed E-state index contributed by atoms with van der Waals surface area (Å²) in [6.07, 6.45) is 5.20. The van der Waals surface area contributed by atoms with E-state index < -0.39 is 10.0 Å². The summed E-state index contributed by atoms with van der Waals surface area (Å²) in [5, 5.41) is 0. The number of aryl methyl sites for hydroxylation is 1. The van der Waals surface area contributed by atoms with Crippen molar-refractivity contribution < 1.29 is 8.42 Å². The van der Waals surface area contributed by atoms with Gasteiger partial charge in [-0.25, -0.2) is 12.4 Å². The maximum absolute atomic E-state index is 12.9. The van der Waals surface area contributed by atoms with Crippen LogP contribution in [-0.4, -0.2) is 17.4 Å². The minimum absolute atomic E-state index is 0.0622. The third-order valence-electron chi connectivity index (χ3n) is 4.69. The first kappa shape index (κ1) is 17.4. The maximum atomic E-state index is 12.9. The van der Waals surface area contributed by atoms with Crippen LogP contribution in [0.25, 0.3) is 0 Å². The van der Waals surface area contributed by atoms with E-state index in [-0.39, 0.29) is 10.8 Å². The Morgan fingerprint density at radius 2 is 1.59 bits per heavy atom. The summed E-state index contributed by atoms with van der Waals surface area (Å²) in [4.78, 5) is 3.55. The van der Waals surface area contributed by atoms with Gasteiger partial charge in [0.2, 0.25) is 0 Å². The van der Waals surface area contributed by atoms with Gasteiger partial charge in [-0.1, -0.05) is 48.0 Å². The van der Waals surface area contributed by atoms with Crippen LogP contribution >= 0.6 is 0 Å². The third-order valence-corrected chi connectivity index (χ3v) is 6.34. The molecule has 4 rings (SSSR count). The average Bonchev–Trinajstić information content (AvgIpc) is 3.37. The van der Waals surface area contributed by atoms with Gasteiger partial charge >= 0.3 is 0 Å². The Kier molecular flexibility index (Phi) is 4.46. The van der Waals surface area contributed by atoms with Crippen molar-refractivity contribution in [3.05, 3.63) is 114 Å². The van der Waals surface area contributed by atoms with Gasteiger partial charge < -0.3 is 4.98 Å². The highest BCUT2D eigenvalue weighted by atomic mass is 32.2. The Morgan fingerprint density at radius 3 is 2.26 bits per heavy atom. The molecular weight excluding hydrogens is 356 g/mol. The molecule has 5 heteroatoms. The Bertz CT molecular complexity index is 1130. The van der Waals surface area contributed by atoms with Crippen molar-refractivity contribution in [1.29, 1.82) is 0 Å². The minimum atomic E-state index is -3.60. The Hall–Kier alpha value is -3.05. The second-order valence-corrected chi connectivity index (χ2v) is 8.41. The van der Waals surface area contributed by atoms with Crippen LogP contribution in [-0.2, 0) is 10.0 Å². The van der Waals surface area contributed by atoms with Crippen molar-refractivity contribution in [1.82, 2.24) is 8.96 Å². The summed E-state index contributed by atoms with van der Waals surface area (Å²) < 4.78 is 27.1. The highest BCUT2D eigenvalue weighted by molar-refractivity contribution is 7.90. The summed E-state index contributed by atoms with van der Waals surface area (Å²) in [5.41, 5.74) is 4.24. The molecule has 0 spiro atoms. The Balaban J connectivity index is 1.78. The quantitative estimate of drug-likeness (QED) is 0.556. The molecule has 0 saturated carbocycles. The van der Waals surface area contributed by atoms with Gasteiger partial charge in [-0.15, -0.1) is 0 Å². The largest absolute Gasteiger partial charge is 0.364 e. The first-order valence-electron chi connectivity index (χ1n) is 8.74. The fourth-order valence-corrected chi connectivity index (χ4v) is 4.49. The number of rotatable bonds is 5. The van der Waals surface area contributed by atoms with Crippen LogP contribution in [0.4, 0.5) is 0 Å². The van der Waals surface area contributed by atoms with Gasteiger partial charge in [0.1, 0.15) is 0 Å². The summed E-state index contributed by atoms with van der Waals surface area (Å²) in [6, 6.07) is 22.6. The molecule has 1 unspecified atom stereocenters. The third kappa shape index (κ3) is 3.34. The number of H-pyrrole nitrogens is 1. The molecule has 0 fully saturated rings. The van der Waals surface area contributed by atoms with E-state index in [2.05, 4.69) is 36.2 Å². The lowest BCUT2D eigenvalue weighted by Gasteiger charge is -2.16. The highest BCUT2D eigenvalue weighted by Gasteiger charge is 2.22. The van der Waals surface area contributed by atoms with E-state index in [4.69, 9.17) is 0 Å². The van der Waals surface area contributed by atoms with E-state index in [1.165, 1.54) is 9.54 Å². The van der Waals surface area contributed by atoms with Gasteiger partial charge in [0.25, 0.3) is 10.0 Å². The van der Waals surface area contributed by atoms with Crippen molar-refractivity contribution in [2.45, 2.75) is 17.7 Å².